The normalized spacial score (nSPS) is 11.7. The zero-order valence-electron chi connectivity index (χ0n) is 12.3. The maximum Gasteiger partial charge on any atom is 0.262 e. The molecule has 2 aromatic rings. The lowest BCUT2D eigenvalue weighted by atomic mass is 10.2. The van der Waals surface area contributed by atoms with E-state index >= 15 is 0 Å². The second-order valence-corrected chi connectivity index (χ2v) is 8.89. The molecule has 1 heterocycles. The number of unbranched alkanes of at least 4 members (excludes halogenated alkanes) is 2. The highest BCUT2D eigenvalue weighted by Gasteiger charge is 2.13. The minimum absolute atomic E-state index is 0.147. The molecule has 1 aromatic carbocycles. The highest BCUT2D eigenvalue weighted by atomic mass is 35.5. The van der Waals surface area contributed by atoms with Gasteiger partial charge in [-0.3, -0.25) is 8.75 Å². The molecular weight excluding hydrogens is 342 g/mol. The van der Waals surface area contributed by atoms with E-state index in [-0.39, 0.29) is 11.3 Å². The Morgan fingerprint density at radius 3 is 2.41 bits per heavy atom. The van der Waals surface area contributed by atoms with Gasteiger partial charge in [-0.25, -0.2) is 8.42 Å². The summed E-state index contributed by atoms with van der Waals surface area (Å²) < 4.78 is 26.3. The highest BCUT2D eigenvalue weighted by Crippen LogP contribution is 2.17. The second kappa shape index (κ2) is 7.44. The van der Waals surface area contributed by atoms with Gasteiger partial charge in [-0.2, -0.15) is 0 Å². The van der Waals surface area contributed by atoms with Gasteiger partial charge in [0.1, 0.15) is 4.34 Å². The number of hydrogen-bond donors (Lipinski definition) is 0. The summed E-state index contributed by atoms with van der Waals surface area (Å²) in [7, 11) is -3.21. The average molecular weight is 360 g/mol. The Balaban J connectivity index is 2.10. The van der Waals surface area contributed by atoms with Crippen LogP contribution in [0.2, 0.25) is 4.34 Å². The van der Waals surface area contributed by atoms with Gasteiger partial charge in [-0.1, -0.05) is 43.5 Å². The summed E-state index contributed by atoms with van der Waals surface area (Å²) >= 11 is 6.98. The van der Waals surface area contributed by atoms with Crippen LogP contribution < -0.4 is 5.56 Å². The van der Waals surface area contributed by atoms with Gasteiger partial charge in [0, 0.05) is 6.07 Å². The molecule has 120 valence electrons. The van der Waals surface area contributed by atoms with Crippen LogP contribution in [0.25, 0.3) is 0 Å². The molecule has 22 heavy (non-hydrogen) atoms. The molecule has 4 nitrogen and oxygen atoms in total. The van der Waals surface area contributed by atoms with E-state index < -0.39 is 9.84 Å². The predicted octanol–water partition coefficient (Wildman–Crippen LogP) is 3.58. The van der Waals surface area contributed by atoms with Gasteiger partial charge in [0.25, 0.3) is 5.56 Å². The Labute approximate surface area is 139 Å². The van der Waals surface area contributed by atoms with Crippen molar-refractivity contribution in [3.63, 3.8) is 0 Å². The van der Waals surface area contributed by atoms with Crippen molar-refractivity contribution in [1.82, 2.24) is 3.96 Å². The summed E-state index contributed by atoms with van der Waals surface area (Å²) in [6.07, 6.45) is 2.59. The van der Waals surface area contributed by atoms with Crippen LogP contribution in [0, 0.1) is 0 Å². The van der Waals surface area contributed by atoms with Crippen molar-refractivity contribution in [2.75, 3.05) is 5.75 Å². The topological polar surface area (TPSA) is 56.1 Å². The fourth-order valence-electron chi connectivity index (χ4n) is 2.08. The molecule has 0 atom stereocenters. The van der Waals surface area contributed by atoms with E-state index in [1.807, 2.05) is 6.92 Å². The van der Waals surface area contributed by atoms with Gasteiger partial charge >= 0.3 is 0 Å². The fourth-order valence-corrected chi connectivity index (χ4v) is 4.52. The zero-order valence-corrected chi connectivity index (χ0v) is 14.7. The number of sulfone groups is 1. The standard InChI is InChI=1S/C15H18ClNO3S2/c1-2-3-4-9-22(19,20)13-7-5-12(6-8-13)11-17-15(18)10-14(16)21-17/h5-8,10H,2-4,9,11H2,1H3. The zero-order chi connectivity index (χ0) is 16.2. The van der Waals surface area contributed by atoms with Crippen LogP contribution in [0.3, 0.4) is 0 Å². The summed E-state index contributed by atoms with van der Waals surface area (Å²) in [4.78, 5) is 11.9. The van der Waals surface area contributed by atoms with Gasteiger partial charge in [-0.05, 0) is 35.6 Å². The van der Waals surface area contributed by atoms with Crippen LogP contribution >= 0.6 is 23.1 Å². The van der Waals surface area contributed by atoms with Crippen LogP contribution in [-0.4, -0.2) is 18.1 Å². The van der Waals surface area contributed by atoms with Gasteiger partial charge < -0.3 is 0 Å². The Hall–Kier alpha value is -1.11. The Morgan fingerprint density at radius 1 is 1.18 bits per heavy atom. The quantitative estimate of drug-likeness (QED) is 0.710. The number of halogens is 1. The van der Waals surface area contributed by atoms with E-state index in [9.17, 15) is 13.2 Å². The first-order valence-corrected chi connectivity index (χ1v) is 9.91. The molecular formula is C15H18ClNO3S2. The van der Waals surface area contributed by atoms with Crippen molar-refractivity contribution in [3.8, 4) is 0 Å². The molecule has 7 heteroatoms. The summed E-state index contributed by atoms with van der Waals surface area (Å²) in [5.41, 5.74) is 0.722. The smallest absolute Gasteiger partial charge is 0.262 e. The maximum atomic E-state index is 12.2. The molecule has 0 saturated heterocycles. The lowest BCUT2D eigenvalue weighted by Crippen LogP contribution is -2.12. The second-order valence-electron chi connectivity index (χ2n) is 5.08. The first-order chi connectivity index (χ1) is 10.4. The van der Waals surface area contributed by atoms with Crippen molar-refractivity contribution in [3.05, 3.63) is 50.6 Å². The third-order valence-electron chi connectivity index (χ3n) is 3.31. The first kappa shape index (κ1) is 17.2. The van der Waals surface area contributed by atoms with Gasteiger partial charge in [0.05, 0.1) is 17.2 Å². The molecule has 0 N–H and O–H groups in total. The monoisotopic (exact) mass is 359 g/mol. The number of aromatic nitrogens is 1. The minimum atomic E-state index is -3.21. The van der Waals surface area contributed by atoms with E-state index in [0.717, 1.165) is 18.4 Å². The Kier molecular flexibility index (Phi) is 5.83. The molecule has 0 aliphatic heterocycles. The Morgan fingerprint density at radius 2 is 1.86 bits per heavy atom. The van der Waals surface area contributed by atoms with E-state index in [1.54, 1.807) is 24.3 Å². The third-order valence-corrected chi connectivity index (χ3v) is 6.26. The summed E-state index contributed by atoms with van der Waals surface area (Å²) in [5.74, 6) is 0.181. The predicted molar refractivity (Wildman–Crippen MR) is 90.7 cm³/mol. The molecule has 0 unspecified atom stereocenters. The Bertz CT molecular complexity index is 776. The summed E-state index contributed by atoms with van der Waals surface area (Å²) in [6, 6.07) is 8.08. The SMILES string of the molecule is CCCCCS(=O)(=O)c1ccc(Cn2sc(Cl)cc2=O)cc1. The number of benzene rings is 1. The van der Waals surface area contributed by atoms with E-state index in [4.69, 9.17) is 11.6 Å². The van der Waals surface area contributed by atoms with Gasteiger partial charge in [0.15, 0.2) is 9.84 Å². The van der Waals surface area contributed by atoms with Crippen molar-refractivity contribution in [2.45, 2.75) is 37.6 Å². The third kappa shape index (κ3) is 4.44. The molecule has 0 fully saturated rings. The summed E-state index contributed by atoms with van der Waals surface area (Å²) in [5, 5.41) is 0. The van der Waals surface area contributed by atoms with Crippen LogP contribution in [0.4, 0.5) is 0 Å². The van der Waals surface area contributed by atoms with Gasteiger partial charge in [-0.15, -0.1) is 0 Å². The first-order valence-electron chi connectivity index (χ1n) is 7.11. The molecule has 0 aliphatic carbocycles. The van der Waals surface area contributed by atoms with Crippen LogP contribution in [0.5, 0.6) is 0 Å². The molecule has 0 radical (unpaired) electrons. The minimum Gasteiger partial charge on any atom is -0.268 e. The molecule has 1 aromatic heterocycles. The molecule has 0 amide bonds. The largest absolute Gasteiger partial charge is 0.268 e. The van der Waals surface area contributed by atoms with E-state index in [0.29, 0.717) is 22.2 Å². The summed E-state index contributed by atoms with van der Waals surface area (Å²) in [6.45, 7) is 2.44. The molecule has 2 rings (SSSR count). The van der Waals surface area contributed by atoms with Crippen LogP contribution in [0.1, 0.15) is 31.7 Å². The molecule has 0 aliphatic rings. The van der Waals surface area contributed by atoms with Crippen molar-refractivity contribution < 1.29 is 8.42 Å². The highest BCUT2D eigenvalue weighted by molar-refractivity contribution is 7.91. The molecule has 0 saturated carbocycles. The fraction of sp³-hybridized carbons (Fsp3) is 0.400. The van der Waals surface area contributed by atoms with Crippen molar-refractivity contribution in [2.24, 2.45) is 0 Å². The van der Waals surface area contributed by atoms with Gasteiger partial charge in [0.2, 0.25) is 0 Å². The van der Waals surface area contributed by atoms with Crippen LogP contribution in [-0.2, 0) is 16.4 Å². The van der Waals surface area contributed by atoms with Crippen molar-refractivity contribution >= 4 is 33.0 Å². The lowest BCUT2D eigenvalue weighted by Gasteiger charge is -2.06. The number of nitrogens with zero attached hydrogens (tertiary/aromatic N) is 1. The van der Waals surface area contributed by atoms with Crippen molar-refractivity contribution in [1.29, 1.82) is 0 Å². The maximum absolute atomic E-state index is 12.2. The lowest BCUT2D eigenvalue weighted by molar-refractivity contribution is 0.591. The van der Waals surface area contributed by atoms with E-state index in [2.05, 4.69) is 0 Å². The molecule has 0 spiro atoms. The van der Waals surface area contributed by atoms with Crippen LogP contribution in [0.15, 0.2) is 40.0 Å². The number of rotatable bonds is 7. The number of hydrogen-bond acceptors (Lipinski definition) is 4. The van der Waals surface area contributed by atoms with E-state index in [1.165, 1.54) is 21.6 Å². The average Bonchev–Trinajstić information content (AvgIpc) is 2.77. The molecule has 0 bridgehead atoms.